The number of thiophene rings is 1. The van der Waals surface area contributed by atoms with E-state index < -0.39 is 12.1 Å². The van der Waals surface area contributed by atoms with E-state index in [0.29, 0.717) is 23.1 Å². The number of amides is 3. The van der Waals surface area contributed by atoms with E-state index in [2.05, 4.69) is 10.6 Å². The lowest BCUT2D eigenvalue weighted by molar-refractivity contribution is -0.136. The number of thioether (sulfide) groups is 1. The van der Waals surface area contributed by atoms with Gasteiger partial charge in [0, 0.05) is 23.2 Å². The second-order valence-corrected chi connectivity index (χ2v) is 8.55. The van der Waals surface area contributed by atoms with Gasteiger partial charge in [0.05, 0.1) is 25.4 Å². The van der Waals surface area contributed by atoms with Gasteiger partial charge in [0.15, 0.2) is 0 Å². The zero-order valence-electron chi connectivity index (χ0n) is 16.2. The summed E-state index contributed by atoms with van der Waals surface area (Å²) in [7, 11) is 1.58. The summed E-state index contributed by atoms with van der Waals surface area (Å²) in [6.07, 6.45) is 0.118. The van der Waals surface area contributed by atoms with E-state index in [1.54, 1.807) is 48.0 Å². The van der Waals surface area contributed by atoms with E-state index in [1.165, 1.54) is 18.3 Å². The van der Waals surface area contributed by atoms with Crippen LogP contribution in [0.3, 0.4) is 0 Å². The van der Waals surface area contributed by atoms with Gasteiger partial charge in [-0.05, 0) is 35.7 Å². The Morgan fingerprint density at radius 1 is 1.24 bits per heavy atom. The molecular formula is C20H23N3O4S2. The minimum Gasteiger partial charge on any atom is -0.497 e. The van der Waals surface area contributed by atoms with Crippen LogP contribution in [0.2, 0.25) is 0 Å². The van der Waals surface area contributed by atoms with Gasteiger partial charge in [-0.25, -0.2) is 0 Å². The molecule has 3 amide bonds. The largest absolute Gasteiger partial charge is 0.497 e. The molecule has 7 nitrogen and oxygen atoms in total. The Morgan fingerprint density at radius 3 is 2.62 bits per heavy atom. The number of carbonyl (C=O) groups is 3. The number of methoxy groups -OCH3 is 1. The van der Waals surface area contributed by atoms with Crippen molar-refractivity contribution in [3.63, 3.8) is 0 Å². The monoisotopic (exact) mass is 433 g/mol. The molecule has 1 aliphatic rings. The number of hydrogen-bond donors (Lipinski definition) is 2. The number of hydrogen-bond acceptors (Lipinski definition) is 6. The third-order valence-corrected chi connectivity index (χ3v) is 6.50. The Balaban J connectivity index is 1.65. The molecule has 1 aromatic carbocycles. The van der Waals surface area contributed by atoms with E-state index in [-0.39, 0.29) is 24.1 Å². The number of nitrogens with one attached hydrogen (secondary N) is 2. The van der Waals surface area contributed by atoms with Crippen molar-refractivity contribution in [3.8, 4) is 5.75 Å². The van der Waals surface area contributed by atoms with Crippen LogP contribution in [0.1, 0.15) is 24.3 Å². The van der Waals surface area contributed by atoms with Crippen molar-refractivity contribution >= 4 is 46.5 Å². The average molecular weight is 434 g/mol. The zero-order valence-corrected chi connectivity index (χ0v) is 17.8. The molecular weight excluding hydrogens is 410 g/mol. The smallest absolute Gasteiger partial charge is 0.248 e. The summed E-state index contributed by atoms with van der Waals surface area (Å²) in [5.74, 6) is 1.13. The highest BCUT2D eigenvalue weighted by Crippen LogP contribution is 2.28. The van der Waals surface area contributed by atoms with Gasteiger partial charge in [-0.1, -0.05) is 6.07 Å². The first-order chi connectivity index (χ1) is 14.0. The van der Waals surface area contributed by atoms with Crippen LogP contribution < -0.4 is 15.4 Å². The van der Waals surface area contributed by atoms with Crippen LogP contribution in [-0.2, 0) is 14.4 Å². The van der Waals surface area contributed by atoms with Crippen LogP contribution in [0.5, 0.6) is 5.75 Å². The number of anilines is 1. The summed E-state index contributed by atoms with van der Waals surface area (Å²) in [5, 5.41) is 7.61. The average Bonchev–Trinajstić information content (AvgIpc) is 3.39. The summed E-state index contributed by atoms with van der Waals surface area (Å²) in [4.78, 5) is 39.8. The number of nitrogens with zero attached hydrogens (tertiary/aromatic N) is 1. The molecule has 1 fully saturated rings. The molecule has 0 bridgehead atoms. The Bertz CT molecular complexity index is 855. The molecule has 2 N–H and O–H groups in total. The lowest BCUT2D eigenvalue weighted by Crippen LogP contribution is -2.45. The van der Waals surface area contributed by atoms with Gasteiger partial charge in [-0.3, -0.25) is 14.4 Å². The highest BCUT2D eigenvalue weighted by Gasteiger charge is 2.35. The molecule has 2 unspecified atom stereocenters. The Kier molecular flexibility index (Phi) is 7.16. The fraction of sp³-hybridized carbons (Fsp3) is 0.350. The molecule has 1 aromatic heterocycles. The molecule has 29 heavy (non-hydrogen) atoms. The first-order valence-corrected chi connectivity index (χ1v) is 11.1. The number of carbonyl (C=O) groups excluding carboxylic acids is 3. The molecule has 2 atom stereocenters. The fourth-order valence-corrected chi connectivity index (χ4v) is 5.01. The minimum atomic E-state index is -0.545. The van der Waals surface area contributed by atoms with Crippen molar-refractivity contribution in [1.29, 1.82) is 0 Å². The molecule has 0 spiro atoms. The second-order valence-electron chi connectivity index (χ2n) is 6.57. The predicted molar refractivity (Wildman–Crippen MR) is 115 cm³/mol. The Morgan fingerprint density at radius 2 is 2.00 bits per heavy atom. The molecule has 1 saturated heterocycles. The van der Waals surface area contributed by atoms with E-state index in [1.807, 2.05) is 17.5 Å². The molecule has 2 heterocycles. The molecule has 0 aliphatic carbocycles. The van der Waals surface area contributed by atoms with Crippen LogP contribution in [0.15, 0.2) is 41.8 Å². The second kappa shape index (κ2) is 9.80. The number of benzene rings is 1. The van der Waals surface area contributed by atoms with Gasteiger partial charge >= 0.3 is 0 Å². The van der Waals surface area contributed by atoms with Crippen molar-refractivity contribution in [1.82, 2.24) is 10.2 Å². The van der Waals surface area contributed by atoms with Gasteiger partial charge in [-0.2, -0.15) is 0 Å². The Labute approximate surface area is 177 Å². The molecule has 2 aromatic rings. The Hall–Kier alpha value is -2.52. The fourth-order valence-electron chi connectivity index (χ4n) is 3.06. The first-order valence-electron chi connectivity index (χ1n) is 9.10. The van der Waals surface area contributed by atoms with Crippen molar-refractivity contribution in [2.24, 2.45) is 0 Å². The van der Waals surface area contributed by atoms with Crippen molar-refractivity contribution in [2.45, 2.75) is 25.4 Å². The molecule has 9 heteroatoms. The standard InChI is InChI=1S/C20H23N3O4S2/c1-13(24)21-16(18-4-3-9-29-18)10-19(25)23-12-28-11-17(23)20(26)22-14-5-7-15(27-2)8-6-14/h3-9,16-17H,10-12H2,1-2H3,(H,21,24)(H,22,26). The summed E-state index contributed by atoms with van der Waals surface area (Å²) in [6.45, 7) is 1.43. The topological polar surface area (TPSA) is 87.7 Å². The lowest BCUT2D eigenvalue weighted by Gasteiger charge is -2.25. The highest BCUT2D eigenvalue weighted by molar-refractivity contribution is 7.99. The molecule has 3 rings (SSSR count). The van der Waals surface area contributed by atoms with Crippen molar-refractivity contribution in [2.75, 3.05) is 24.1 Å². The van der Waals surface area contributed by atoms with E-state index in [0.717, 1.165) is 4.88 Å². The van der Waals surface area contributed by atoms with Gasteiger partial charge in [-0.15, -0.1) is 23.1 Å². The minimum absolute atomic E-state index is 0.118. The summed E-state index contributed by atoms with van der Waals surface area (Å²) in [5.41, 5.74) is 0.648. The lowest BCUT2D eigenvalue weighted by atomic mass is 10.1. The zero-order chi connectivity index (χ0) is 20.8. The molecule has 1 aliphatic heterocycles. The van der Waals surface area contributed by atoms with Crippen LogP contribution in [0, 0.1) is 0 Å². The quantitative estimate of drug-likeness (QED) is 0.701. The number of ether oxygens (including phenoxy) is 1. The van der Waals surface area contributed by atoms with Crippen LogP contribution in [-0.4, -0.2) is 47.4 Å². The normalized spacial score (nSPS) is 16.9. The number of rotatable bonds is 7. The van der Waals surface area contributed by atoms with Crippen molar-refractivity contribution in [3.05, 3.63) is 46.7 Å². The van der Waals surface area contributed by atoms with Crippen LogP contribution in [0.25, 0.3) is 0 Å². The summed E-state index contributed by atoms with van der Waals surface area (Å²) < 4.78 is 5.12. The van der Waals surface area contributed by atoms with Gasteiger partial charge in [0.25, 0.3) is 0 Å². The van der Waals surface area contributed by atoms with Crippen molar-refractivity contribution < 1.29 is 19.1 Å². The third kappa shape index (κ3) is 5.51. The maximum atomic E-state index is 13.0. The van der Waals surface area contributed by atoms with E-state index in [9.17, 15) is 14.4 Å². The molecule has 0 radical (unpaired) electrons. The van der Waals surface area contributed by atoms with Crippen LogP contribution >= 0.6 is 23.1 Å². The predicted octanol–water partition coefficient (Wildman–Crippen LogP) is 2.86. The van der Waals surface area contributed by atoms with E-state index in [4.69, 9.17) is 4.74 Å². The maximum Gasteiger partial charge on any atom is 0.248 e. The van der Waals surface area contributed by atoms with Gasteiger partial charge in [0.2, 0.25) is 17.7 Å². The SMILES string of the molecule is COc1ccc(NC(=O)C2CSCN2C(=O)CC(NC(C)=O)c2cccs2)cc1. The first kappa shape index (κ1) is 21.2. The highest BCUT2D eigenvalue weighted by atomic mass is 32.2. The maximum absolute atomic E-state index is 13.0. The summed E-state index contributed by atoms with van der Waals surface area (Å²) in [6, 6.07) is 9.89. The van der Waals surface area contributed by atoms with Gasteiger partial charge in [0.1, 0.15) is 11.8 Å². The van der Waals surface area contributed by atoms with Crippen LogP contribution in [0.4, 0.5) is 5.69 Å². The van der Waals surface area contributed by atoms with Gasteiger partial charge < -0.3 is 20.3 Å². The summed E-state index contributed by atoms with van der Waals surface area (Å²) >= 11 is 3.03. The third-order valence-electron chi connectivity index (χ3n) is 4.51. The molecule has 0 saturated carbocycles. The molecule has 154 valence electrons. The van der Waals surface area contributed by atoms with E-state index >= 15 is 0 Å².